The fourth-order valence-corrected chi connectivity index (χ4v) is 3.07. The van der Waals surface area contributed by atoms with Crippen molar-refractivity contribution in [3.63, 3.8) is 0 Å². The van der Waals surface area contributed by atoms with Gasteiger partial charge in [0.05, 0.1) is 0 Å². The van der Waals surface area contributed by atoms with Crippen LogP contribution in [0.5, 0.6) is 0 Å². The molecule has 0 radical (unpaired) electrons. The highest BCUT2D eigenvalue weighted by Gasteiger charge is 2.25. The lowest BCUT2D eigenvalue weighted by Crippen LogP contribution is -2.29. The minimum Gasteiger partial charge on any atom is -0.335 e. The highest BCUT2D eigenvalue weighted by Crippen LogP contribution is 2.31. The van der Waals surface area contributed by atoms with Crippen LogP contribution in [0.3, 0.4) is 0 Å². The van der Waals surface area contributed by atoms with Crippen molar-refractivity contribution in [2.24, 2.45) is 17.6 Å². The summed E-state index contributed by atoms with van der Waals surface area (Å²) in [6.45, 7) is 4.15. The molecule has 0 amide bonds. The Balaban J connectivity index is 2.00. The van der Waals surface area contributed by atoms with E-state index in [0.29, 0.717) is 0 Å². The predicted molar refractivity (Wildman–Crippen MR) is 70.7 cm³/mol. The smallest absolute Gasteiger partial charge is 0.108 e. The molecule has 0 bridgehead atoms. The Labute approximate surface area is 104 Å². The van der Waals surface area contributed by atoms with Gasteiger partial charge in [-0.1, -0.05) is 19.8 Å². The Morgan fingerprint density at radius 2 is 2.12 bits per heavy atom. The van der Waals surface area contributed by atoms with Gasteiger partial charge in [-0.3, -0.25) is 0 Å². The van der Waals surface area contributed by atoms with Crippen molar-refractivity contribution in [1.29, 1.82) is 0 Å². The van der Waals surface area contributed by atoms with Gasteiger partial charge in [0.25, 0.3) is 0 Å². The molecule has 1 fully saturated rings. The summed E-state index contributed by atoms with van der Waals surface area (Å²) in [5.74, 6) is 2.74. The molecule has 1 aliphatic rings. The maximum atomic E-state index is 5.89. The topological polar surface area (TPSA) is 43.8 Å². The average molecular weight is 235 g/mol. The van der Waals surface area contributed by atoms with Crippen molar-refractivity contribution in [3.8, 4) is 0 Å². The zero-order valence-corrected chi connectivity index (χ0v) is 10.9. The Bertz CT molecular complexity index is 332. The molecule has 3 nitrogen and oxygen atoms in total. The van der Waals surface area contributed by atoms with Crippen LogP contribution in [0.25, 0.3) is 0 Å². The molecular weight excluding hydrogens is 210 g/mol. The molecule has 1 saturated carbocycles. The molecule has 96 valence electrons. The normalized spacial score (nSPS) is 25.1. The van der Waals surface area contributed by atoms with Gasteiger partial charge < -0.3 is 10.3 Å². The number of hydrogen-bond donors (Lipinski definition) is 1. The second kappa shape index (κ2) is 6.20. The number of aromatic nitrogens is 2. The van der Waals surface area contributed by atoms with Gasteiger partial charge in [-0.2, -0.15) is 0 Å². The number of hydrogen-bond acceptors (Lipinski definition) is 2. The van der Waals surface area contributed by atoms with E-state index in [9.17, 15) is 0 Å². The molecule has 0 aliphatic heterocycles. The van der Waals surface area contributed by atoms with E-state index >= 15 is 0 Å². The van der Waals surface area contributed by atoms with Crippen LogP contribution < -0.4 is 5.73 Å². The van der Waals surface area contributed by atoms with E-state index in [2.05, 4.69) is 22.7 Å². The van der Waals surface area contributed by atoms with Gasteiger partial charge in [-0.25, -0.2) is 4.98 Å². The summed E-state index contributed by atoms with van der Waals surface area (Å²) in [5.41, 5.74) is 5.89. The standard InChI is InChI=1S/C14H25N3/c1-2-8-17-9-7-16-14(17)10-12-5-3-4-6-13(12)11-15/h7,9,12-13H,2-6,8,10-11,15H2,1H3. The van der Waals surface area contributed by atoms with E-state index in [1.54, 1.807) is 0 Å². The zero-order valence-electron chi connectivity index (χ0n) is 10.9. The molecule has 2 N–H and O–H groups in total. The van der Waals surface area contributed by atoms with Crippen molar-refractivity contribution in [2.75, 3.05) is 6.54 Å². The summed E-state index contributed by atoms with van der Waals surface area (Å²) in [6.07, 6.45) is 11.7. The van der Waals surface area contributed by atoms with Crippen LogP contribution >= 0.6 is 0 Å². The largest absolute Gasteiger partial charge is 0.335 e. The minimum atomic E-state index is 0.718. The SMILES string of the molecule is CCCn1ccnc1CC1CCCCC1CN. The Morgan fingerprint density at radius 1 is 1.35 bits per heavy atom. The fraction of sp³-hybridized carbons (Fsp3) is 0.786. The molecule has 1 aromatic heterocycles. The van der Waals surface area contributed by atoms with Crippen LogP contribution in [-0.4, -0.2) is 16.1 Å². The van der Waals surface area contributed by atoms with Crippen molar-refractivity contribution >= 4 is 0 Å². The molecule has 3 heteroatoms. The first kappa shape index (κ1) is 12.6. The Morgan fingerprint density at radius 3 is 2.82 bits per heavy atom. The maximum Gasteiger partial charge on any atom is 0.108 e. The molecule has 17 heavy (non-hydrogen) atoms. The lowest BCUT2D eigenvalue weighted by atomic mass is 9.77. The van der Waals surface area contributed by atoms with E-state index in [-0.39, 0.29) is 0 Å². The van der Waals surface area contributed by atoms with Gasteiger partial charge in [0.15, 0.2) is 0 Å². The minimum absolute atomic E-state index is 0.718. The average Bonchev–Trinajstić information content (AvgIpc) is 2.78. The van der Waals surface area contributed by atoms with Crippen molar-refractivity contribution in [3.05, 3.63) is 18.2 Å². The van der Waals surface area contributed by atoms with E-state index in [1.807, 2.05) is 6.20 Å². The van der Waals surface area contributed by atoms with E-state index in [1.165, 1.54) is 37.9 Å². The van der Waals surface area contributed by atoms with Crippen molar-refractivity contribution in [1.82, 2.24) is 9.55 Å². The third-order valence-electron chi connectivity index (χ3n) is 4.08. The van der Waals surface area contributed by atoms with Gasteiger partial charge in [0, 0.05) is 25.4 Å². The first-order valence-corrected chi connectivity index (χ1v) is 7.05. The lowest BCUT2D eigenvalue weighted by Gasteiger charge is -2.30. The second-order valence-corrected chi connectivity index (χ2v) is 5.28. The summed E-state index contributed by atoms with van der Waals surface area (Å²) in [4.78, 5) is 4.52. The summed E-state index contributed by atoms with van der Waals surface area (Å²) in [5, 5.41) is 0. The summed E-state index contributed by atoms with van der Waals surface area (Å²) < 4.78 is 2.31. The first-order chi connectivity index (χ1) is 8.35. The second-order valence-electron chi connectivity index (χ2n) is 5.28. The highest BCUT2D eigenvalue weighted by molar-refractivity contribution is 4.96. The monoisotopic (exact) mass is 235 g/mol. The van der Waals surface area contributed by atoms with Gasteiger partial charge in [0.1, 0.15) is 5.82 Å². The molecular formula is C14H25N3. The molecule has 1 heterocycles. The predicted octanol–water partition coefficient (Wildman–Crippen LogP) is 2.60. The molecule has 2 unspecified atom stereocenters. The van der Waals surface area contributed by atoms with Gasteiger partial charge in [-0.15, -0.1) is 0 Å². The van der Waals surface area contributed by atoms with Gasteiger partial charge in [0.2, 0.25) is 0 Å². The fourth-order valence-electron chi connectivity index (χ4n) is 3.07. The van der Waals surface area contributed by atoms with Gasteiger partial charge in [-0.05, 0) is 37.6 Å². The molecule has 0 aromatic carbocycles. The molecule has 2 rings (SSSR count). The number of nitrogens with zero attached hydrogens (tertiary/aromatic N) is 2. The summed E-state index contributed by atoms with van der Waals surface area (Å²) >= 11 is 0. The van der Waals surface area contributed by atoms with E-state index < -0.39 is 0 Å². The summed E-state index contributed by atoms with van der Waals surface area (Å²) in [6, 6.07) is 0. The lowest BCUT2D eigenvalue weighted by molar-refractivity contribution is 0.237. The molecule has 2 atom stereocenters. The maximum absolute atomic E-state index is 5.89. The van der Waals surface area contributed by atoms with Crippen LogP contribution in [0.15, 0.2) is 12.4 Å². The Hall–Kier alpha value is -0.830. The molecule has 0 spiro atoms. The van der Waals surface area contributed by atoms with Crippen LogP contribution in [-0.2, 0) is 13.0 Å². The van der Waals surface area contributed by atoms with Crippen molar-refractivity contribution in [2.45, 2.75) is 52.0 Å². The number of imidazole rings is 1. The van der Waals surface area contributed by atoms with Crippen LogP contribution in [0.4, 0.5) is 0 Å². The van der Waals surface area contributed by atoms with Crippen molar-refractivity contribution < 1.29 is 0 Å². The zero-order chi connectivity index (χ0) is 12.1. The van der Waals surface area contributed by atoms with Crippen LogP contribution in [0.1, 0.15) is 44.9 Å². The number of rotatable bonds is 5. The number of nitrogens with two attached hydrogens (primary N) is 1. The quantitative estimate of drug-likeness (QED) is 0.852. The van der Waals surface area contributed by atoms with E-state index in [4.69, 9.17) is 5.73 Å². The Kier molecular flexibility index (Phi) is 4.60. The van der Waals surface area contributed by atoms with Gasteiger partial charge >= 0.3 is 0 Å². The third-order valence-corrected chi connectivity index (χ3v) is 4.08. The summed E-state index contributed by atoms with van der Waals surface area (Å²) in [7, 11) is 0. The number of aryl methyl sites for hydroxylation is 1. The van der Waals surface area contributed by atoms with Crippen LogP contribution in [0, 0.1) is 11.8 Å². The van der Waals surface area contributed by atoms with Crippen LogP contribution in [0.2, 0.25) is 0 Å². The highest BCUT2D eigenvalue weighted by atomic mass is 15.1. The van der Waals surface area contributed by atoms with E-state index in [0.717, 1.165) is 31.3 Å². The molecule has 0 saturated heterocycles. The third kappa shape index (κ3) is 3.09. The molecule has 1 aliphatic carbocycles. The molecule has 1 aromatic rings. The first-order valence-electron chi connectivity index (χ1n) is 7.05.